The first kappa shape index (κ1) is 15.5. The average molecular weight is 274 g/mol. The van der Waals surface area contributed by atoms with Gasteiger partial charge in [-0.1, -0.05) is 6.07 Å². The first-order valence-corrected chi connectivity index (χ1v) is 5.62. The molecule has 1 unspecified atom stereocenters. The molecule has 0 aliphatic rings. The standard InChI is InChI=1S/C13H14F4N2/c1-2-3-4-5-12(19-18)9-6-7-11(14)10(8-9)13(15,16)17/h6-8,12,19H,4-5,18H2,1H3. The molecule has 104 valence electrons. The summed E-state index contributed by atoms with van der Waals surface area (Å²) in [6, 6.07) is 2.37. The van der Waals surface area contributed by atoms with Crippen LogP contribution in [0.3, 0.4) is 0 Å². The second kappa shape index (κ2) is 6.55. The van der Waals surface area contributed by atoms with E-state index < -0.39 is 23.6 Å². The number of benzene rings is 1. The van der Waals surface area contributed by atoms with E-state index >= 15 is 0 Å². The van der Waals surface area contributed by atoms with Crippen molar-refractivity contribution in [3.05, 3.63) is 35.1 Å². The van der Waals surface area contributed by atoms with Gasteiger partial charge in [0.05, 0.1) is 5.56 Å². The second-order valence-corrected chi connectivity index (χ2v) is 3.92. The summed E-state index contributed by atoms with van der Waals surface area (Å²) in [5, 5.41) is 0. The molecule has 0 saturated carbocycles. The lowest BCUT2D eigenvalue weighted by molar-refractivity contribution is -0.140. The number of rotatable bonds is 4. The van der Waals surface area contributed by atoms with Crippen LogP contribution in [0.15, 0.2) is 18.2 Å². The molecule has 0 radical (unpaired) electrons. The molecule has 0 aliphatic carbocycles. The van der Waals surface area contributed by atoms with Crippen molar-refractivity contribution in [2.24, 2.45) is 5.84 Å². The van der Waals surface area contributed by atoms with Gasteiger partial charge in [-0.15, -0.1) is 11.8 Å². The Bertz CT molecular complexity index is 486. The van der Waals surface area contributed by atoms with Gasteiger partial charge in [-0.2, -0.15) is 13.2 Å². The Morgan fingerprint density at radius 1 is 1.37 bits per heavy atom. The Labute approximate surface area is 109 Å². The molecule has 0 fully saturated rings. The smallest absolute Gasteiger partial charge is 0.271 e. The van der Waals surface area contributed by atoms with Gasteiger partial charge < -0.3 is 0 Å². The maximum Gasteiger partial charge on any atom is 0.419 e. The van der Waals surface area contributed by atoms with Crippen LogP contribution in [0.25, 0.3) is 0 Å². The zero-order valence-corrected chi connectivity index (χ0v) is 10.3. The van der Waals surface area contributed by atoms with E-state index in [2.05, 4.69) is 17.3 Å². The molecular formula is C13H14F4N2. The fourth-order valence-electron chi connectivity index (χ4n) is 1.66. The monoisotopic (exact) mass is 274 g/mol. The molecule has 1 aromatic rings. The Morgan fingerprint density at radius 3 is 2.58 bits per heavy atom. The van der Waals surface area contributed by atoms with Crippen LogP contribution in [0.2, 0.25) is 0 Å². The van der Waals surface area contributed by atoms with E-state index in [1.807, 2.05) is 0 Å². The van der Waals surface area contributed by atoms with Gasteiger partial charge in [-0.25, -0.2) is 4.39 Å². The van der Waals surface area contributed by atoms with Gasteiger partial charge in [-0.05, 0) is 31.0 Å². The number of hydrogen-bond acceptors (Lipinski definition) is 2. The summed E-state index contributed by atoms with van der Waals surface area (Å²) in [6.45, 7) is 1.67. The molecule has 0 bridgehead atoms. The van der Waals surface area contributed by atoms with E-state index in [1.165, 1.54) is 6.07 Å². The number of nitrogens with two attached hydrogens (primary N) is 1. The molecule has 0 aromatic heterocycles. The SMILES string of the molecule is CC#CCCC(NN)c1ccc(F)c(C(F)(F)F)c1. The summed E-state index contributed by atoms with van der Waals surface area (Å²) in [5.74, 6) is 9.50. The molecule has 3 N–H and O–H groups in total. The highest BCUT2D eigenvalue weighted by molar-refractivity contribution is 5.29. The van der Waals surface area contributed by atoms with Crippen LogP contribution in [0.1, 0.15) is 36.9 Å². The van der Waals surface area contributed by atoms with E-state index in [0.717, 1.165) is 12.1 Å². The number of alkyl halides is 3. The van der Waals surface area contributed by atoms with Crippen molar-refractivity contribution in [3.63, 3.8) is 0 Å². The summed E-state index contributed by atoms with van der Waals surface area (Å²) in [5.41, 5.74) is 1.42. The summed E-state index contributed by atoms with van der Waals surface area (Å²) < 4.78 is 50.9. The Kier molecular flexibility index (Phi) is 5.33. The Hall–Kier alpha value is -1.58. The topological polar surface area (TPSA) is 38.0 Å². The minimum atomic E-state index is -4.72. The molecule has 1 atom stereocenters. The van der Waals surface area contributed by atoms with Crippen LogP contribution < -0.4 is 11.3 Å². The molecule has 19 heavy (non-hydrogen) atoms. The molecule has 1 aromatic carbocycles. The highest BCUT2D eigenvalue weighted by Gasteiger charge is 2.34. The highest BCUT2D eigenvalue weighted by Crippen LogP contribution is 2.33. The molecule has 0 aliphatic heterocycles. The van der Waals surface area contributed by atoms with E-state index in [4.69, 9.17) is 5.84 Å². The Balaban J connectivity index is 3.01. The van der Waals surface area contributed by atoms with Crippen molar-refractivity contribution in [2.75, 3.05) is 0 Å². The second-order valence-electron chi connectivity index (χ2n) is 3.92. The van der Waals surface area contributed by atoms with Crippen molar-refractivity contribution in [2.45, 2.75) is 32.0 Å². The minimum Gasteiger partial charge on any atom is -0.271 e. The first-order valence-electron chi connectivity index (χ1n) is 5.62. The normalized spacial score (nSPS) is 12.7. The average Bonchev–Trinajstić information content (AvgIpc) is 2.34. The molecule has 0 saturated heterocycles. The number of hydrazine groups is 1. The predicted molar refractivity (Wildman–Crippen MR) is 64.2 cm³/mol. The summed E-state index contributed by atoms with van der Waals surface area (Å²) in [6.07, 6.45) is -3.78. The lowest BCUT2D eigenvalue weighted by atomic mass is 10.00. The van der Waals surface area contributed by atoms with Gasteiger partial charge in [0.2, 0.25) is 0 Å². The maximum atomic E-state index is 13.1. The number of halogens is 4. The van der Waals surface area contributed by atoms with Crippen molar-refractivity contribution in [1.29, 1.82) is 0 Å². The van der Waals surface area contributed by atoms with Crippen LogP contribution in [-0.2, 0) is 6.18 Å². The van der Waals surface area contributed by atoms with Crippen LogP contribution in [0.5, 0.6) is 0 Å². The van der Waals surface area contributed by atoms with Crippen molar-refractivity contribution >= 4 is 0 Å². The minimum absolute atomic E-state index is 0.286. The third-order valence-electron chi connectivity index (χ3n) is 2.63. The highest BCUT2D eigenvalue weighted by atomic mass is 19.4. The molecule has 2 nitrogen and oxygen atoms in total. The summed E-state index contributed by atoms with van der Waals surface area (Å²) >= 11 is 0. The van der Waals surface area contributed by atoms with Crippen LogP contribution in [0, 0.1) is 17.7 Å². The van der Waals surface area contributed by atoms with E-state index in [9.17, 15) is 17.6 Å². The van der Waals surface area contributed by atoms with Gasteiger partial charge in [0, 0.05) is 12.5 Å². The summed E-state index contributed by atoms with van der Waals surface area (Å²) in [4.78, 5) is 0. The Morgan fingerprint density at radius 2 is 2.05 bits per heavy atom. The van der Waals surface area contributed by atoms with Crippen LogP contribution in [0.4, 0.5) is 17.6 Å². The largest absolute Gasteiger partial charge is 0.419 e. The lowest BCUT2D eigenvalue weighted by Crippen LogP contribution is -2.28. The van der Waals surface area contributed by atoms with E-state index in [1.54, 1.807) is 6.92 Å². The van der Waals surface area contributed by atoms with Crippen molar-refractivity contribution < 1.29 is 17.6 Å². The summed E-state index contributed by atoms with van der Waals surface area (Å²) in [7, 11) is 0. The fourth-order valence-corrected chi connectivity index (χ4v) is 1.66. The van der Waals surface area contributed by atoms with E-state index in [0.29, 0.717) is 12.8 Å². The van der Waals surface area contributed by atoms with Crippen LogP contribution >= 0.6 is 0 Å². The molecule has 6 heteroatoms. The molecule has 0 amide bonds. The quantitative estimate of drug-likeness (QED) is 0.383. The van der Waals surface area contributed by atoms with Gasteiger partial charge in [0.25, 0.3) is 0 Å². The number of hydrogen-bond donors (Lipinski definition) is 2. The van der Waals surface area contributed by atoms with Gasteiger partial charge in [-0.3, -0.25) is 11.3 Å². The first-order chi connectivity index (χ1) is 8.90. The van der Waals surface area contributed by atoms with Crippen LogP contribution in [-0.4, -0.2) is 0 Å². The third-order valence-corrected chi connectivity index (χ3v) is 2.63. The number of nitrogens with one attached hydrogen (secondary N) is 1. The third kappa shape index (κ3) is 4.23. The zero-order valence-electron chi connectivity index (χ0n) is 10.3. The predicted octanol–water partition coefficient (Wildman–Crippen LogP) is 3.15. The van der Waals surface area contributed by atoms with Crippen molar-refractivity contribution in [3.8, 4) is 11.8 Å². The zero-order chi connectivity index (χ0) is 14.5. The molecule has 0 spiro atoms. The van der Waals surface area contributed by atoms with E-state index in [-0.39, 0.29) is 5.56 Å². The molecular weight excluding hydrogens is 260 g/mol. The lowest BCUT2D eigenvalue weighted by Gasteiger charge is -2.17. The van der Waals surface area contributed by atoms with Crippen molar-refractivity contribution in [1.82, 2.24) is 5.43 Å². The molecule has 0 heterocycles. The van der Waals surface area contributed by atoms with Gasteiger partial charge in [0.1, 0.15) is 5.82 Å². The van der Waals surface area contributed by atoms with Gasteiger partial charge in [0.15, 0.2) is 0 Å². The van der Waals surface area contributed by atoms with Gasteiger partial charge >= 0.3 is 6.18 Å². The fraction of sp³-hybridized carbons (Fsp3) is 0.385. The maximum absolute atomic E-state index is 13.1. The molecule has 1 rings (SSSR count).